The fourth-order valence-electron chi connectivity index (χ4n) is 0.562. The molecule has 9 heavy (non-hydrogen) atoms. The molecule has 0 aliphatic carbocycles. The number of rotatable bonds is 4. The van der Waals surface area contributed by atoms with Crippen LogP contribution in [0.5, 0.6) is 0 Å². The first-order valence-electron chi connectivity index (χ1n) is 3.06. The zero-order chi connectivity index (χ0) is 7.28. The van der Waals surface area contributed by atoms with Gasteiger partial charge in [0.15, 0.2) is 0 Å². The predicted molar refractivity (Wildman–Crippen MR) is 43.3 cm³/mol. The average molecular weight is 170 g/mol. The van der Waals surface area contributed by atoms with Gasteiger partial charge in [-0.05, 0) is 33.5 Å². The Kier molecular flexibility index (Phi) is 5.65. The van der Waals surface area contributed by atoms with Crippen molar-refractivity contribution in [3.8, 4) is 0 Å². The van der Waals surface area contributed by atoms with E-state index in [0.29, 0.717) is 0 Å². The summed E-state index contributed by atoms with van der Waals surface area (Å²) in [5.41, 5.74) is 0. The third-order valence-corrected chi connectivity index (χ3v) is 1.46. The molecule has 0 heterocycles. The van der Waals surface area contributed by atoms with Gasteiger partial charge >= 0.3 is 0 Å². The van der Waals surface area contributed by atoms with Crippen molar-refractivity contribution in [2.24, 2.45) is 0 Å². The van der Waals surface area contributed by atoms with E-state index in [0.717, 1.165) is 19.4 Å². The van der Waals surface area contributed by atoms with Crippen LogP contribution in [0.15, 0.2) is 0 Å². The van der Waals surface area contributed by atoms with Crippen molar-refractivity contribution in [1.82, 2.24) is 4.90 Å². The first-order chi connectivity index (χ1) is 4.13. The fourth-order valence-corrected chi connectivity index (χ4v) is 0.870. The van der Waals surface area contributed by atoms with Gasteiger partial charge in [0.05, 0.1) is 0 Å². The summed E-state index contributed by atoms with van der Waals surface area (Å²) in [4.78, 5) is 1.93. The summed E-state index contributed by atoms with van der Waals surface area (Å²) in [5.74, 6) is 0. The second-order valence-electron chi connectivity index (χ2n) is 2.34. The van der Waals surface area contributed by atoms with E-state index in [1.807, 2.05) is 14.1 Å². The van der Waals surface area contributed by atoms with Gasteiger partial charge in [0.25, 0.3) is 0 Å². The summed E-state index contributed by atoms with van der Waals surface area (Å²) in [5, 5.41) is 0. The monoisotopic (exact) mass is 169 g/mol. The van der Waals surface area contributed by atoms with E-state index in [9.17, 15) is 0 Å². The molecule has 56 valence electrons. The highest BCUT2D eigenvalue weighted by Gasteiger charge is 1.97. The van der Waals surface area contributed by atoms with Crippen LogP contribution >= 0.6 is 23.2 Å². The Morgan fingerprint density at radius 1 is 1.33 bits per heavy atom. The van der Waals surface area contributed by atoms with Gasteiger partial charge in [0, 0.05) is 0 Å². The molecule has 0 spiro atoms. The van der Waals surface area contributed by atoms with Crippen LogP contribution < -0.4 is 0 Å². The van der Waals surface area contributed by atoms with Crippen LogP contribution in [0.4, 0.5) is 0 Å². The standard InChI is InChI=1S/C6H13Cl2N/c1-9(2)5-3-4-6(7)8/h6H,3-5H2,1-2H3. The second kappa shape index (κ2) is 5.33. The molecule has 0 aromatic rings. The molecule has 1 nitrogen and oxygen atoms in total. The van der Waals surface area contributed by atoms with Gasteiger partial charge in [-0.15, -0.1) is 23.2 Å². The molecule has 0 atom stereocenters. The van der Waals surface area contributed by atoms with Gasteiger partial charge in [-0.25, -0.2) is 0 Å². The molecule has 0 aliphatic rings. The molecule has 0 bridgehead atoms. The number of halogens is 2. The Bertz CT molecular complexity index is 56.1. The lowest BCUT2D eigenvalue weighted by atomic mass is 10.3. The van der Waals surface area contributed by atoms with Crippen LogP contribution in [-0.4, -0.2) is 30.4 Å². The van der Waals surface area contributed by atoms with E-state index >= 15 is 0 Å². The van der Waals surface area contributed by atoms with Gasteiger partial charge in [0.2, 0.25) is 0 Å². The lowest BCUT2D eigenvalue weighted by molar-refractivity contribution is 0.397. The maximum absolute atomic E-state index is 5.51. The number of hydrogen-bond donors (Lipinski definition) is 0. The molecule has 0 aromatic carbocycles. The Labute approximate surface area is 66.9 Å². The van der Waals surface area contributed by atoms with Crippen molar-refractivity contribution in [3.05, 3.63) is 0 Å². The van der Waals surface area contributed by atoms with Crippen LogP contribution in [-0.2, 0) is 0 Å². The Balaban J connectivity index is 2.91. The van der Waals surface area contributed by atoms with Gasteiger partial charge in [-0.3, -0.25) is 0 Å². The minimum absolute atomic E-state index is 0.190. The summed E-state index contributed by atoms with van der Waals surface area (Å²) in [6.45, 7) is 1.07. The zero-order valence-electron chi connectivity index (χ0n) is 5.90. The molecule has 0 fully saturated rings. The molecule has 0 aliphatic heterocycles. The lowest BCUT2D eigenvalue weighted by Gasteiger charge is -2.08. The third kappa shape index (κ3) is 8.54. The van der Waals surface area contributed by atoms with Gasteiger partial charge in [-0.1, -0.05) is 0 Å². The molecule has 3 heteroatoms. The van der Waals surface area contributed by atoms with Crippen LogP contribution in [0, 0.1) is 0 Å². The average Bonchev–Trinajstić information content (AvgIpc) is 1.63. The molecule has 0 amide bonds. The SMILES string of the molecule is CN(C)CCCC(Cl)Cl. The number of hydrogen-bond acceptors (Lipinski definition) is 1. The zero-order valence-corrected chi connectivity index (χ0v) is 7.41. The lowest BCUT2D eigenvalue weighted by Crippen LogP contribution is -2.13. The van der Waals surface area contributed by atoms with Crippen LogP contribution in [0.25, 0.3) is 0 Å². The molecule has 0 aromatic heterocycles. The van der Waals surface area contributed by atoms with Crippen molar-refractivity contribution in [2.75, 3.05) is 20.6 Å². The highest BCUT2D eigenvalue weighted by atomic mass is 35.5. The predicted octanol–water partition coefficient (Wildman–Crippen LogP) is 2.13. The van der Waals surface area contributed by atoms with Crippen molar-refractivity contribution in [1.29, 1.82) is 0 Å². The van der Waals surface area contributed by atoms with Crippen molar-refractivity contribution in [3.63, 3.8) is 0 Å². The van der Waals surface area contributed by atoms with Gasteiger partial charge < -0.3 is 4.90 Å². The Hall–Kier alpha value is 0.540. The fraction of sp³-hybridized carbons (Fsp3) is 1.00. The summed E-state index contributed by atoms with van der Waals surface area (Å²) in [6, 6.07) is 0. The minimum Gasteiger partial charge on any atom is -0.309 e. The number of alkyl halides is 2. The van der Waals surface area contributed by atoms with Crippen molar-refractivity contribution >= 4 is 23.2 Å². The van der Waals surface area contributed by atoms with Crippen LogP contribution in [0.2, 0.25) is 0 Å². The first kappa shape index (κ1) is 9.54. The molecular weight excluding hydrogens is 157 g/mol. The molecule has 0 N–H and O–H groups in total. The summed E-state index contributed by atoms with van der Waals surface area (Å²) in [7, 11) is 4.08. The third-order valence-electron chi connectivity index (χ3n) is 1.03. The number of nitrogens with zero attached hydrogens (tertiary/aromatic N) is 1. The molecule has 0 radical (unpaired) electrons. The van der Waals surface area contributed by atoms with Crippen LogP contribution in [0.3, 0.4) is 0 Å². The van der Waals surface area contributed by atoms with Gasteiger partial charge in [0.1, 0.15) is 4.84 Å². The maximum Gasteiger partial charge on any atom is 0.107 e. The Morgan fingerprint density at radius 3 is 2.22 bits per heavy atom. The molecule has 0 rings (SSSR count). The molecule has 0 saturated heterocycles. The summed E-state index contributed by atoms with van der Waals surface area (Å²) < 4.78 is 0. The quantitative estimate of drug-likeness (QED) is 0.584. The van der Waals surface area contributed by atoms with E-state index < -0.39 is 0 Å². The Morgan fingerprint density at radius 2 is 1.89 bits per heavy atom. The minimum atomic E-state index is -0.190. The van der Waals surface area contributed by atoms with E-state index in [2.05, 4.69) is 4.90 Å². The van der Waals surface area contributed by atoms with E-state index in [4.69, 9.17) is 23.2 Å². The molecule has 0 saturated carbocycles. The van der Waals surface area contributed by atoms with E-state index in [-0.39, 0.29) is 4.84 Å². The molecular formula is C6H13Cl2N. The highest BCUT2D eigenvalue weighted by molar-refractivity contribution is 6.44. The summed E-state index contributed by atoms with van der Waals surface area (Å²) >= 11 is 11.0. The smallest absolute Gasteiger partial charge is 0.107 e. The van der Waals surface area contributed by atoms with E-state index in [1.54, 1.807) is 0 Å². The first-order valence-corrected chi connectivity index (χ1v) is 3.93. The highest BCUT2D eigenvalue weighted by Crippen LogP contribution is 2.08. The van der Waals surface area contributed by atoms with Crippen LogP contribution in [0.1, 0.15) is 12.8 Å². The van der Waals surface area contributed by atoms with Crippen molar-refractivity contribution < 1.29 is 0 Å². The van der Waals surface area contributed by atoms with E-state index in [1.165, 1.54) is 0 Å². The second-order valence-corrected chi connectivity index (χ2v) is 3.61. The summed E-state index contributed by atoms with van der Waals surface area (Å²) in [6.07, 6.45) is 1.96. The largest absolute Gasteiger partial charge is 0.309 e. The normalized spacial score (nSPS) is 11.3. The van der Waals surface area contributed by atoms with Gasteiger partial charge in [-0.2, -0.15) is 0 Å². The maximum atomic E-state index is 5.51. The van der Waals surface area contributed by atoms with Crippen molar-refractivity contribution in [2.45, 2.75) is 17.7 Å². The molecule has 0 unspecified atom stereocenters. The topological polar surface area (TPSA) is 3.24 Å².